The van der Waals surface area contributed by atoms with Crippen molar-refractivity contribution in [2.24, 2.45) is 0 Å². The van der Waals surface area contributed by atoms with Gasteiger partial charge in [-0.1, -0.05) is 0 Å². The molecule has 7 heteroatoms. The van der Waals surface area contributed by atoms with Crippen molar-refractivity contribution in [1.29, 1.82) is 0 Å². The molecule has 0 radical (unpaired) electrons. The van der Waals surface area contributed by atoms with E-state index in [0.29, 0.717) is 26.1 Å². The zero-order chi connectivity index (χ0) is 11.5. The molecule has 1 aliphatic heterocycles. The predicted molar refractivity (Wildman–Crippen MR) is 55.6 cm³/mol. The Bertz CT molecular complexity index is 296. The molecule has 0 aromatic rings. The normalized spacial score (nSPS) is 21.9. The van der Waals surface area contributed by atoms with Gasteiger partial charge in [0, 0.05) is 27.3 Å². The summed E-state index contributed by atoms with van der Waals surface area (Å²) in [6.07, 6.45) is 0.993. The van der Waals surface area contributed by atoms with Crippen molar-refractivity contribution in [3.63, 3.8) is 0 Å². The SMILES string of the molecule is CN(C)S(=O)(=O)NC1(CO)CCOCC1. The van der Waals surface area contributed by atoms with Crippen molar-refractivity contribution >= 4 is 10.2 Å². The molecule has 2 N–H and O–H groups in total. The van der Waals surface area contributed by atoms with Crippen LogP contribution in [0.15, 0.2) is 0 Å². The number of aliphatic hydroxyl groups is 1. The molecule has 1 saturated heterocycles. The van der Waals surface area contributed by atoms with Gasteiger partial charge in [-0.3, -0.25) is 0 Å². The van der Waals surface area contributed by atoms with Crippen molar-refractivity contribution < 1.29 is 18.3 Å². The number of nitrogens with zero attached hydrogens (tertiary/aromatic N) is 1. The summed E-state index contributed by atoms with van der Waals surface area (Å²) < 4.78 is 32.0. The predicted octanol–water partition coefficient (Wildman–Crippen LogP) is -1.08. The van der Waals surface area contributed by atoms with Crippen LogP contribution in [-0.4, -0.2) is 57.3 Å². The third-order valence-corrected chi connectivity index (χ3v) is 4.23. The molecule has 90 valence electrons. The number of nitrogens with one attached hydrogen (secondary N) is 1. The van der Waals surface area contributed by atoms with Crippen LogP contribution >= 0.6 is 0 Å². The Balaban J connectivity index is 2.76. The van der Waals surface area contributed by atoms with Gasteiger partial charge in [0.15, 0.2) is 0 Å². The summed E-state index contributed by atoms with van der Waals surface area (Å²) in [7, 11) is -0.598. The first-order chi connectivity index (χ1) is 6.92. The van der Waals surface area contributed by atoms with E-state index in [2.05, 4.69) is 4.72 Å². The summed E-state index contributed by atoms with van der Waals surface area (Å²) in [5.41, 5.74) is -0.763. The first kappa shape index (κ1) is 12.9. The van der Waals surface area contributed by atoms with Gasteiger partial charge < -0.3 is 9.84 Å². The van der Waals surface area contributed by atoms with Gasteiger partial charge in [-0.05, 0) is 12.8 Å². The molecular formula is C8H18N2O4S. The molecular weight excluding hydrogens is 220 g/mol. The minimum atomic E-state index is -3.50. The highest BCUT2D eigenvalue weighted by Gasteiger charge is 2.36. The second-order valence-electron chi connectivity index (χ2n) is 3.94. The fraction of sp³-hybridized carbons (Fsp3) is 1.00. The molecule has 0 aliphatic carbocycles. The van der Waals surface area contributed by atoms with E-state index in [1.807, 2.05) is 0 Å². The smallest absolute Gasteiger partial charge is 0.279 e. The maximum absolute atomic E-state index is 11.6. The van der Waals surface area contributed by atoms with Gasteiger partial charge in [0.2, 0.25) is 0 Å². The highest BCUT2D eigenvalue weighted by Crippen LogP contribution is 2.21. The summed E-state index contributed by atoms with van der Waals surface area (Å²) in [5.74, 6) is 0. The fourth-order valence-electron chi connectivity index (χ4n) is 1.42. The maximum Gasteiger partial charge on any atom is 0.279 e. The van der Waals surface area contributed by atoms with Crippen molar-refractivity contribution in [3.05, 3.63) is 0 Å². The Hall–Kier alpha value is -0.210. The molecule has 0 aromatic heterocycles. The lowest BCUT2D eigenvalue weighted by molar-refractivity contribution is 0.0217. The highest BCUT2D eigenvalue weighted by atomic mass is 32.2. The van der Waals surface area contributed by atoms with Crippen molar-refractivity contribution in [2.75, 3.05) is 33.9 Å². The van der Waals surface area contributed by atoms with Crippen LogP contribution in [0, 0.1) is 0 Å². The van der Waals surface area contributed by atoms with Crippen LogP contribution < -0.4 is 4.72 Å². The molecule has 0 bridgehead atoms. The Kier molecular flexibility index (Phi) is 4.07. The first-order valence-corrected chi connectivity index (χ1v) is 6.26. The van der Waals surface area contributed by atoms with Gasteiger partial charge in [0.25, 0.3) is 10.2 Å². The quantitative estimate of drug-likeness (QED) is 0.653. The number of aliphatic hydroxyl groups excluding tert-OH is 1. The molecule has 1 fully saturated rings. The van der Waals surface area contributed by atoms with Gasteiger partial charge in [0.1, 0.15) is 0 Å². The van der Waals surface area contributed by atoms with Crippen molar-refractivity contribution in [2.45, 2.75) is 18.4 Å². The summed E-state index contributed by atoms with van der Waals surface area (Å²) in [6.45, 7) is 0.733. The Morgan fingerprint density at radius 2 is 1.93 bits per heavy atom. The van der Waals surface area contributed by atoms with Gasteiger partial charge in [-0.25, -0.2) is 0 Å². The Labute approximate surface area is 90.4 Å². The topological polar surface area (TPSA) is 78.9 Å². The molecule has 0 spiro atoms. The van der Waals surface area contributed by atoms with Crippen LogP contribution in [0.5, 0.6) is 0 Å². The molecule has 0 amide bonds. The number of rotatable bonds is 4. The van der Waals surface area contributed by atoms with Gasteiger partial charge in [0.05, 0.1) is 12.1 Å². The third-order valence-electron chi connectivity index (χ3n) is 2.58. The summed E-state index contributed by atoms with van der Waals surface area (Å²) >= 11 is 0. The number of hydrogen-bond donors (Lipinski definition) is 2. The number of ether oxygens (including phenoxy) is 1. The lowest BCUT2D eigenvalue weighted by atomic mass is 9.93. The van der Waals surface area contributed by atoms with E-state index in [4.69, 9.17) is 4.74 Å². The largest absolute Gasteiger partial charge is 0.394 e. The monoisotopic (exact) mass is 238 g/mol. The van der Waals surface area contributed by atoms with Gasteiger partial charge in [-0.15, -0.1) is 0 Å². The molecule has 1 aliphatic rings. The van der Waals surface area contributed by atoms with Crippen molar-refractivity contribution in [3.8, 4) is 0 Å². The Morgan fingerprint density at radius 3 is 2.33 bits per heavy atom. The highest BCUT2D eigenvalue weighted by molar-refractivity contribution is 7.87. The minimum Gasteiger partial charge on any atom is -0.394 e. The van der Waals surface area contributed by atoms with Crippen molar-refractivity contribution in [1.82, 2.24) is 9.03 Å². The summed E-state index contributed by atoms with van der Waals surface area (Å²) in [6, 6.07) is 0. The minimum absolute atomic E-state index is 0.205. The van der Waals surface area contributed by atoms with E-state index in [1.54, 1.807) is 0 Å². The van der Waals surface area contributed by atoms with Crippen LogP contribution in [-0.2, 0) is 14.9 Å². The Morgan fingerprint density at radius 1 is 1.40 bits per heavy atom. The van der Waals surface area contributed by atoms with Crippen LogP contribution in [0.1, 0.15) is 12.8 Å². The zero-order valence-electron chi connectivity index (χ0n) is 9.06. The lowest BCUT2D eigenvalue weighted by Gasteiger charge is -2.36. The molecule has 1 rings (SSSR count). The number of hydrogen-bond acceptors (Lipinski definition) is 4. The van der Waals surface area contributed by atoms with Crippen LogP contribution in [0.2, 0.25) is 0 Å². The van der Waals surface area contributed by atoms with Gasteiger partial charge in [-0.2, -0.15) is 17.4 Å². The maximum atomic E-state index is 11.6. The second kappa shape index (κ2) is 4.75. The lowest BCUT2D eigenvalue weighted by Crippen LogP contribution is -2.56. The molecule has 0 unspecified atom stereocenters. The second-order valence-corrected chi connectivity index (χ2v) is 5.82. The standard InChI is InChI=1S/C8H18N2O4S/c1-10(2)15(12,13)9-8(7-11)3-5-14-6-4-8/h9,11H,3-7H2,1-2H3. The van der Waals surface area contributed by atoms with Crippen LogP contribution in [0.3, 0.4) is 0 Å². The average Bonchev–Trinajstić information content (AvgIpc) is 2.18. The molecule has 0 aromatic carbocycles. The molecule has 6 nitrogen and oxygen atoms in total. The zero-order valence-corrected chi connectivity index (χ0v) is 9.88. The van der Waals surface area contributed by atoms with E-state index in [0.717, 1.165) is 4.31 Å². The first-order valence-electron chi connectivity index (χ1n) is 4.82. The van der Waals surface area contributed by atoms with E-state index < -0.39 is 15.7 Å². The van der Waals surface area contributed by atoms with Crippen LogP contribution in [0.25, 0.3) is 0 Å². The van der Waals surface area contributed by atoms with Crippen LogP contribution in [0.4, 0.5) is 0 Å². The van der Waals surface area contributed by atoms with E-state index >= 15 is 0 Å². The van der Waals surface area contributed by atoms with E-state index in [-0.39, 0.29) is 6.61 Å². The van der Waals surface area contributed by atoms with E-state index in [9.17, 15) is 13.5 Å². The fourth-order valence-corrected chi connectivity index (χ4v) is 2.42. The molecule has 1 heterocycles. The molecule has 0 saturated carbocycles. The van der Waals surface area contributed by atoms with E-state index in [1.165, 1.54) is 14.1 Å². The molecule has 0 atom stereocenters. The third kappa shape index (κ3) is 3.12. The summed E-state index contributed by atoms with van der Waals surface area (Å²) in [4.78, 5) is 0. The summed E-state index contributed by atoms with van der Waals surface area (Å²) in [5, 5.41) is 9.29. The van der Waals surface area contributed by atoms with Gasteiger partial charge >= 0.3 is 0 Å². The average molecular weight is 238 g/mol. The molecule has 15 heavy (non-hydrogen) atoms.